The summed E-state index contributed by atoms with van der Waals surface area (Å²) in [6.45, 7) is 0. The van der Waals surface area contributed by atoms with Gasteiger partial charge in [0.15, 0.2) is 11.3 Å². The molecule has 3 rings (SSSR count). The molecule has 0 fully saturated rings. The number of nitrogens with two attached hydrogens (primary N) is 1. The topological polar surface area (TPSA) is 69.1 Å². The highest BCUT2D eigenvalue weighted by molar-refractivity contribution is 6.30. The van der Waals surface area contributed by atoms with Crippen molar-refractivity contribution in [3.05, 3.63) is 45.6 Å². The molecule has 1 heterocycles. The van der Waals surface area contributed by atoms with E-state index in [-0.39, 0.29) is 10.5 Å². The smallest absolute Gasteiger partial charge is 0.201 e. The number of aromatic nitrogens is 1. The Morgan fingerprint density at radius 3 is 2.88 bits per heavy atom. The van der Waals surface area contributed by atoms with Gasteiger partial charge in [0.25, 0.3) is 0 Å². The van der Waals surface area contributed by atoms with Crippen LogP contribution in [0.3, 0.4) is 0 Å². The van der Waals surface area contributed by atoms with Crippen molar-refractivity contribution in [2.45, 2.75) is 0 Å². The van der Waals surface area contributed by atoms with Crippen molar-refractivity contribution < 1.29 is 4.42 Å². The van der Waals surface area contributed by atoms with Gasteiger partial charge in [-0.25, -0.2) is 4.98 Å². The number of anilines is 1. The van der Waals surface area contributed by atoms with E-state index in [0.29, 0.717) is 28.2 Å². The zero-order valence-corrected chi connectivity index (χ0v) is 9.36. The standard InChI is InChI=1S/C12H7ClN2O2/c13-7-4-9-12(5-10(7)16)17-11-3-6(14)1-2-8(11)15-9/h1-5H,14H2. The second-order valence-corrected chi connectivity index (χ2v) is 4.10. The Morgan fingerprint density at radius 1 is 1.24 bits per heavy atom. The Balaban J connectivity index is 2.45. The number of hydrogen-bond acceptors (Lipinski definition) is 4. The van der Waals surface area contributed by atoms with Gasteiger partial charge >= 0.3 is 0 Å². The molecule has 0 aromatic heterocycles. The van der Waals surface area contributed by atoms with Crippen molar-refractivity contribution in [3.8, 4) is 11.5 Å². The van der Waals surface area contributed by atoms with Crippen LogP contribution in [-0.4, -0.2) is 4.98 Å². The zero-order valence-electron chi connectivity index (χ0n) is 8.61. The normalized spacial score (nSPS) is 11.1. The summed E-state index contributed by atoms with van der Waals surface area (Å²) in [7, 11) is 0. The van der Waals surface area contributed by atoms with Gasteiger partial charge in [-0.1, -0.05) is 11.6 Å². The number of benzene rings is 2. The SMILES string of the molecule is Nc1ccc2nc3cc(Cl)c(=O)cc-3oc2c1. The van der Waals surface area contributed by atoms with E-state index in [0.717, 1.165) is 0 Å². The third-order valence-electron chi connectivity index (χ3n) is 2.46. The van der Waals surface area contributed by atoms with Crippen molar-refractivity contribution in [3.63, 3.8) is 0 Å². The predicted octanol–water partition coefficient (Wildman–Crippen LogP) is 2.53. The number of nitrogen functional groups attached to an aromatic ring is 1. The monoisotopic (exact) mass is 246 g/mol. The van der Waals surface area contributed by atoms with Gasteiger partial charge in [0.1, 0.15) is 11.2 Å². The third-order valence-corrected chi connectivity index (χ3v) is 2.75. The first-order valence-corrected chi connectivity index (χ1v) is 5.31. The van der Waals surface area contributed by atoms with Crippen LogP contribution in [0.4, 0.5) is 5.69 Å². The highest BCUT2D eigenvalue weighted by Crippen LogP contribution is 2.26. The Kier molecular flexibility index (Phi) is 2.06. The minimum Gasteiger partial charge on any atom is -0.453 e. The van der Waals surface area contributed by atoms with Crippen molar-refractivity contribution in [1.29, 1.82) is 0 Å². The fraction of sp³-hybridized carbons (Fsp3) is 0. The van der Waals surface area contributed by atoms with Crippen LogP contribution < -0.4 is 11.2 Å². The summed E-state index contributed by atoms with van der Waals surface area (Å²) >= 11 is 5.75. The van der Waals surface area contributed by atoms with Gasteiger partial charge < -0.3 is 10.2 Å². The Hall–Kier alpha value is -2.07. The second-order valence-electron chi connectivity index (χ2n) is 3.69. The van der Waals surface area contributed by atoms with Crippen LogP contribution >= 0.6 is 11.6 Å². The molecule has 2 N–H and O–H groups in total. The molecule has 4 nitrogen and oxygen atoms in total. The molecular weight excluding hydrogens is 240 g/mol. The number of hydrogen-bond donors (Lipinski definition) is 1. The van der Waals surface area contributed by atoms with E-state index >= 15 is 0 Å². The number of rotatable bonds is 0. The average molecular weight is 247 g/mol. The maximum absolute atomic E-state index is 11.4. The zero-order chi connectivity index (χ0) is 12.0. The number of fused-ring (bicyclic) bond motifs is 2. The lowest BCUT2D eigenvalue weighted by atomic mass is 10.2. The fourth-order valence-corrected chi connectivity index (χ4v) is 1.80. The summed E-state index contributed by atoms with van der Waals surface area (Å²) in [5.41, 5.74) is 7.71. The predicted molar refractivity (Wildman–Crippen MR) is 66.3 cm³/mol. The number of nitrogens with zero attached hydrogens (tertiary/aromatic N) is 1. The largest absolute Gasteiger partial charge is 0.453 e. The first-order chi connectivity index (χ1) is 8.13. The molecule has 1 aromatic rings. The Morgan fingerprint density at radius 2 is 2.06 bits per heavy atom. The van der Waals surface area contributed by atoms with Crippen molar-refractivity contribution in [2.24, 2.45) is 0 Å². The van der Waals surface area contributed by atoms with E-state index in [4.69, 9.17) is 21.8 Å². The number of halogens is 1. The van der Waals surface area contributed by atoms with E-state index in [1.165, 1.54) is 12.1 Å². The highest BCUT2D eigenvalue weighted by Gasteiger charge is 2.11. The van der Waals surface area contributed by atoms with E-state index in [1.807, 2.05) is 0 Å². The van der Waals surface area contributed by atoms with Crippen LogP contribution in [0.2, 0.25) is 5.02 Å². The molecule has 5 heteroatoms. The molecule has 1 aliphatic carbocycles. The van der Waals surface area contributed by atoms with Gasteiger partial charge in [0.2, 0.25) is 5.43 Å². The molecule has 0 atom stereocenters. The van der Waals surface area contributed by atoms with Gasteiger partial charge in [0, 0.05) is 17.8 Å². The lowest BCUT2D eigenvalue weighted by Crippen LogP contribution is -2.02. The van der Waals surface area contributed by atoms with E-state index in [9.17, 15) is 4.79 Å². The van der Waals surface area contributed by atoms with E-state index < -0.39 is 0 Å². The maximum Gasteiger partial charge on any atom is 0.201 e. The summed E-state index contributed by atoms with van der Waals surface area (Å²) < 4.78 is 5.56. The molecule has 0 amide bonds. The molecule has 1 aliphatic heterocycles. The van der Waals surface area contributed by atoms with Gasteiger partial charge in [-0.05, 0) is 18.2 Å². The molecule has 0 saturated carbocycles. The fourth-order valence-electron chi connectivity index (χ4n) is 1.65. The summed E-state index contributed by atoms with van der Waals surface area (Å²) in [5, 5.41) is 0.134. The van der Waals surface area contributed by atoms with Crippen molar-refractivity contribution in [2.75, 3.05) is 5.73 Å². The molecule has 17 heavy (non-hydrogen) atoms. The summed E-state index contributed by atoms with van der Waals surface area (Å²) in [6, 6.07) is 7.99. The van der Waals surface area contributed by atoms with Gasteiger partial charge in [-0.15, -0.1) is 0 Å². The van der Waals surface area contributed by atoms with Crippen LogP contribution in [0.1, 0.15) is 0 Å². The molecule has 84 valence electrons. The molecule has 2 aliphatic rings. The molecule has 0 radical (unpaired) electrons. The molecule has 0 unspecified atom stereocenters. The molecule has 0 bridgehead atoms. The summed E-state index contributed by atoms with van der Waals surface area (Å²) in [4.78, 5) is 15.7. The summed E-state index contributed by atoms with van der Waals surface area (Å²) in [5.74, 6) is 0.400. The lowest BCUT2D eigenvalue weighted by molar-refractivity contribution is 0.612. The third kappa shape index (κ3) is 1.62. The first kappa shape index (κ1) is 10.1. The van der Waals surface area contributed by atoms with Crippen LogP contribution in [0.15, 0.2) is 39.5 Å². The first-order valence-electron chi connectivity index (χ1n) is 4.93. The molecule has 0 spiro atoms. The van der Waals surface area contributed by atoms with Crippen LogP contribution in [0, 0.1) is 0 Å². The Labute approximate surface area is 101 Å². The molecule has 0 saturated heterocycles. The minimum atomic E-state index is -0.284. The van der Waals surface area contributed by atoms with Gasteiger partial charge in [-0.3, -0.25) is 4.79 Å². The quantitative estimate of drug-likeness (QED) is 0.489. The van der Waals surface area contributed by atoms with E-state index in [1.54, 1.807) is 18.2 Å². The van der Waals surface area contributed by atoms with Crippen molar-refractivity contribution >= 4 is 28.4 Å². The summed E-state index contributed by atoms with van der Waals surface area (Å²) in [6.07, 6.45) is 0. The lowest BCUT2D eigenvalue weighted by Gasteiger charge is -2.06. The Bertz CT molecular complexity index is 751. The van der Waals surface area contributed by atoms with Crippen LogP contribution in [0.25, 0.3) is 22.6 Å². The molecular formula is C12H7ClN2O2. The minimum absolute atomic E-state index is 0.134. The molecule has 1 aromatic carbocycles. The van der Waals surface area contributed by atoms with Gasteiger partial charge in [-0.2, -0.15) is 0 Å². The maximum atomic E-state index is 11.4. The van der Waals surface area contributed by atoms with Crippen LogP contribution in [0.5, 0.6) is 0 Å². The highest BCUT2D eigenvalue weighted by atomic mass is 35.5. The second kappa shape index (κ2) is 3.46. The van der Waals surface area contributed by atoms with Crippen molar-refractivity contribution in [1.82, 2.24) is 4.98 Å². The van der Waals surface area contributed by atoms with Gasteiger partial charge in [0.05, 0.1) is 5.02 Å². The van der Waals surface area contributed by atoms with Crippen LogP contribution in [-0.2, 0) is 0 Å². The average Bonchev–Trinajstić information content (AvgIpc) is 2.28. The van der Waals surface area contributed by atoms with E-state index in [2.05, 4.69) is 4.98 Å².